The maximum Gasteiger partial charge on any atom is 0.226 e. The maximum absolute atomic E-state index is 5.86. The molecule has 1 fully saturated rings. The molecule has 0 N–H and O–H groups in total. The molecular formula is C11H9ClN2O. The first-order valence-corrected chi connectivity index (χ1v) is 5.22. The summed E-state index contributed by atoms with van der Waals surface area (Å²) in [6.45, 7) is 0. The Morgan fingerprint density at radius 3 is 2.47 bits per heavy atom. The van der Waals surface area contributed by atoms with Crippen LogP contribution in [0.4, 0.5) is 0 Å². The highest BCUT2D eigenvalue weighted by Crippen LogP contribution is 2.52. The molecule has 3 rings (SSSR count). The van der Waals surface area contributed by atoms with Crippen molar-refractivity contribution in [2.75, 3.05) is 0 Å². The molecule has 4 heteroatoms. The summed E-state index contributed by atoms with van der Waals surface area (Å²) < 4.78 is 5.29. The van der Waals surface area contributed by atoms with Gasteiger partial charge in [-0.1, -0.05) is 23.7 Å². The first-order chi connectivity index (χ1) is 7.31. The highest BCUT2D eigenvalue weighted by molar-refractivity contribution is 6.30. The molecule has 2 aromatic rings. The van der Waals surface area contributed by atoms with E-state index in [1.54, 1.807) is 0 Å². The predicted molar refractivity (Wildman–Crippen MR) is 55.8 cm³/mol. The average Bonchev–Trinajstić information content (AvgIpc) is 2.88. The van der Waals surface area contributed by atoms with E-state index in [2.05, 4.69) is 10.2 Å². The fraction of sp³-hybridized carbons (Fsp3) is 0.273. The van der Waals surface area contributed by atoms with Crippen LogP contribution in [0.15, 0.2) is 35.1 Å². The van der Waals surface area contributed by atoms with Crippen molar-refractivity contribution >= 4 is 11.6 Å². The highest BCUT2D eigenvalue weighted by Gasteiger charge is 2.50. The third kappa shape index (κ3) is 1.35. The van der Waals surface area contributed by atoms with Crippen molar-refractivity contribution in [3.63, 3.8) is 0 Å². The molecule has 1 heterocycles. The molecule has 1 aromatic carbocycles. The molecule has 0 aliphatic heterocycles. The lowest BCUT2D eigenvalue weighted by atomic mass is 9.96. The van der Waals surface area contributed by atoms with Gasteiger partial charge in [-0.15, -0.1) is 10.2 Å². The van der Waals surface area contributed by atoms with E-state index < -0.39 is 0 Å². The van der Waals surface area contributed by atoms with Crippen LogP contribution in [0.1, 0.15) is 24.3 Å². The van der Waals surface area contributed by atoms with Gasteiger partial charge in [0.15, 0.2) is 0 Å². The Hall–Kier alpha value is -1.35. The SMILES string of the molecule is Clc1ccc(C2(c3nnco3)CC2)cc1. The average molecular weight is 221 g/mol. The summed E-state index contributed by atoms with van der Waals surface area (Å²) in [5.74, 6) is 0.713. The van der Waals surface area contributed by atoms with E-state index in [4.69, 9.17) is 16.0 Å². The first kappa shape index (κ1) is 8.92. The molecule has 1 saturated carbocycles. The van der Waals surface area contributed by atoms with Gasteiger partial charge in [-0.05, 0) is 30.5 Å². The van der Waals surface area contributed by atoms with Gasteiger partial charge in [-0.2, -0.15) is 0 Å². The second-order valence-corrected chi connectivity index (χ2v) is 4.27. The fourth-order valence-electron chi connectivity index (χ4n) is 1.90. The van der Waals surface area contributed by atoms with Crippen LogP contribution in [0, 0.1) is 0 Å². The van der Waals surface area contributed by atoms with E-state index in [0.717, 1.165) is 17.9 Å². The zero-order valence-corrected chi connectivity index (χ0v) is 8.74. The lowest BCUT2D eigenvalue weighted by Crippen LogP contribution is -2.08. The minimum atomic E-state index is -0.0406. The van der Waals surface area contributed by atoms with Crippen LogP contribution < -0.4 is 0 Å². The Labute approximate surface area is 92.1 Å². The molecule has 0 atom stereocenters. The smallest absolute Gasteiger partial charge is 0.226 e. The van der Waals surface area contributed by atoms with Gasteiger partial charge in [0, 0.05) is 5.02 Å². The molecule has 15 heavy (non-hydrogen) atoms. The number of halogens is 1. The topological polar surface area (TPSA) is 38.9 Å². The van der Waals surface area contributed by atoms with E-state index in [1.807, 2.05) is 24.3 Å². The number of hydrogen-bond donors (Lipinski definition) is 0. The molecule has 1 aliphatic rings. The van der Waals surface area contributed by atoms with Crippen LogP contribution in [-0.4, -0.2) is 10.2 Å². The largest absolute Gasteiger partial charge is 0.427 e. The minimum absolute atomic E-state index is 0.0406. The predicted octanol–water partition coefficient (Wildman–Crippen LogP) is 2.80. The zero-order chi connectivity index (χ0) is 10.3. The molecule has 0 radical (unpaired) electrons. The molecule has 76 valence electrons. The standard InChI is InChI=1S/C11H9ClN2O/c12-9-3-1-8(2-4-9)11(5-6-11)10-14-13-7-15-10/h1-4,7H,5-6H2. The Kier molecular flexibility index (Phi) is 1.83. The van der Waals surface area contributed by atoms with Crippen molar-refractivity contribution in [1.82, 2.24) is 10.2 Å². The number of rotatable bonds is 2. The van der Waals surface area contributed by atoms with E-state index in [0.29, 0.717) is 5.89 Å². The maximum atomic E-state index is 5.86. The Balaban J connectivity index is 2.04. The third-order valence-corrected chi connectivity index (χ3v) is 3.17. The summed E-state index contributed by atoms with van der Waals surface area (Å²) in [6.07, 6.45) is 3.51. The van der Waals surface area contributed by atoms with E-state index in [1.165, 1.54) is 12.0 Å². The lowest BCUT2D eigenvalue weighted by Gasteiger charge is -2.10. The van der Waals surface area contributed by atoms with Gasteiger partial charge in [-0.25, -0.2) is 0 Å². The van der Waals surface area contributed by atoms with Crippen LogP contribution in [-0.2, 0) is 5.41 Å². The summed E-state index contributed by atoms with van der Waals surface area (Å²) in [6, 6.07) is 7.85. The van der Waals surface area contributed by atoms with Crippen molar-refractivity contribution in [1.29, 1.82) is 0 Å². The van der Waals surface area contributed by atoms with Crippen molar-refractivity contribution in [3.05, 3.63) is 47.1 Å². The van der Waals surface area contributed by atoms with Gasteiger partial charge < -0.3 is 4.42 Å². The number of benzene rings is 1. The number of hydrogen-bond acceptors (Lipinski definition) is 3. The Morgan fingerprint density at radius 1 is 1.20 bits per heavy atom. The van der Waals surface area contributed by atoms with Gasteiger partial charge >= 0.3 is 0 Å². The van der Waals surface area contributed by atoms with Crippen LogP contribution in [0.3, 0.4) is 0 Å². The molecule has 0 unspecified atom stereocenters. The van der Waals surface area contributed by atoms with Gasteiger partial charge in [0.1, 0.15) is 0 Å². The van der Waals surface area contributed by atoms with Gasteiger partial charge in [0.25, 0.3) is 0 Å². The summed E-state index contributed by atoms with van der Waals surface area (Å²) >= 11 is 5.86. The van der Waals surface area contributed by atoms with Gasteiger partial charge in [0.2, 0.25) is 12.3 Å². The number of nitrogens with zero attached hydrogens (tertiary/aromatic N) is 2. The third-order valence-electron chi connectivity index (χ3n) is 2.92. The molecule has 0 spiro atoms. The van der Waals surface area contributed by atoms with E-state index in [-0.39, 0.29) is 5.41 Å². The first-order valence-electron chi connectivity index (χ1n) is 4.84. The molecule has 0 amide bonds. The van der Waals surface area contributed by atoms with Crippen LogP contribution in [0.2, 0.25) is 5.02 Å². The van der Waals surface area contributed by atoms with E-state index in [9.17, 15) is 0 Å². The van der Waals surface area contributed by atoms with Crippen molar-refractivity contribution in [2.24, 2.45) is 0 Å². The van der Waals surface area contributed by atoms with Crippen molar-refractivity contribution < 1.29 is 4.42 Å². The monoisotopic (exact) mass is 220 g/mol. The minimum Gasteiger partial charge on any atom is -0.427 e. The van der Waals surface area contributed by atoms with Crippen molar-refractivity contribution in [3.8, 4) is 0 Å². The van der Waals surface area contributed by atoms with Gasteiger partial charge in [0.05, 0.1) is 5.41 Å². The van der Waals surface area contributed by atoms with Gasteiger partial charge in [-0.3, -0.25) is 0 Å². The van der Waals surface area contributed by atoms with Crippen LogP contribution in [0.25, 0.3) is 0 Å². The second-order valence-electron chi connectivity index (χ2n) is 3.83. The van der Waals surface area contributed by atoms with Crippen LogP contribution >= 0.6 is 11.6 Å². The van der Waals surface area contributed by atoms with Crippen molar-refractivity contribution in [2.45, 2.75) is 18.3 Å². The quantitative estimate of drug-likeness (QED) is 0.781. The summed E-state index contributed by atoms with van der Waals surface area (Å²) in [7, 11) is 0. The molecule has 0 saturated heterocycles. The zero-order valence-electron chi connectivity index (χ0n) is 7.98. The molecule has 1 aromatic heterocycles. The molecule has 0 bridgehead atoms. The summed E-state index contributed by atoms with van der Waals surface area (Å²) in [5.41, 5.74) is 1.16. The Morgan fingerprint density at radius 2 is 1.93 bits per heavy atom. The normalized spacial score (nSPS) is 17.7. The lowest BCUT2D eigenvalue weighted by molar-refractivity contribution is 0.461. The summed E-state index contributed by atoms with van der Waals surface area (Å²) in [5, 5.41) is 8.48. The Bertz CT molecular complexity index is 460. The van der Waals surface area contributed by atoms with E-state index >= 15 is 0 Å². The second kappa shape index (κ2) is 3.07. The molecular weight excluding hydrogens is 212 g/mol. The van der Waals surface area contributed by atoms with Crippen LogP contribution in [0.5, 0.6) is 0 Å². The molecule has 3 nitrogen and oxygen atoms in total. The highest BCUT2D eigenvalue weighted by atomic mass is 35.5. The summed E-state index contributed by atoms with van der Waals surface area (Å²) in [4.78, 5) is 0. The molecule has 1 aliphatic carbocycles. The fourth-order valence-corrected chi connectivity index (χ4v) is 2.03. The number of aromatic nitrogens is 2.